The number of H-pyrrole nitrogens is 1. The summed E-state index contributed by atoms with van der Waals surface area (Å²) in [4.78, 5) is 91.5. The number of imidazole rings is 1. The largest absolute Gasteiger partial charge is 0.490 e. The van der Waals surface area contributed by atoms with Gasteiger partial charge in [0, 0.05) is 36.7 Å². The van der Waals surface area contributed by atoms with Crippen LogP contribution in [-0.4, -0.2) is 104 Å². The second kappa shape index (κ2) is 18.1. The van der Waals surface area contributed by atoms with Gasteiger partial charge in [-0.1, -0.05) is 35.4 Å². The van der Waals surface area contributed by atoms with Crippen molar-refractivity contribution in [1.82, 2.24) is 36.6 Å². The molecule has 5 atom stereocenters. The van der Waals surface area contributed by atoms with Gasteiger partial charge in [0.2, 0.25) is 35.4 Å². The molecule has 9 N–H and O–H groups in total. The zero-order chi connectivity index (χ0) is 34.5. The van der Waals surface area contributed by atoms with E-state index < -0.39 is 77.8 Å². The number of nitrogens with zero attached hydrogens (tertiary/aromatic N) is 1. The number of carbonyl (C=O) groups is 7. The van der Waals surface area contributed by atoms with E-state index >= 15 is 0 Å². The number of carbonyl (C=O) groups excluding carboxylic acids is 6. The number of nitrogens with two attached hydrogens (primary N) is 1. The van der Waals surface area contributed by atoms with Gasteiger partial charge in [0.15, 0.2) is 0 Å². The second-order valence-corrected chi connectivity index (χ2v) is 12.4. The maximum Gasteiger partial charge on any atom is 0.490 e. The Morgan fingerprint density at radius 1 is 1.02 bits per heavy atom. The zero-order valence-corrected chi connectivity index (χ0v) is 26.2. The highest BCUT2D eigenvalue weighted by Gasteiger charge is 2.38. The maximum atomic E-state index is 13.1. The van der Waals surface area contributed by atoms with Crippen molar-refractivity contribution >= 4 is 63.0 Å². The summed E-state index contributed by atoms with van der Waals surface area (Å²) in [5.74, 6) is -6.65. The molecule has 1 aliphatic heterocycles. The number of halogens is 3. The number of rotatable bonds is 5. The molecule has 1 aromatic heterocycles. The second-order valence-electron chi connectivity index (χ2n) is 9.89. The third kappa shape index (κ3) is 14.1. The monoisotopic (exact) mass is 684 g/mol. The van der Waals surface area contributed by atoms with Gasteiger partial charge < -0.3 is 42.4 Å². The summed E-state index contributed by atoms with van der Waals surface area (Å²) in [6, 6.07) is -5.23. The van der Waals surface area contributed by atoms with Crippen molar-refractivity contribution in [2.75, 3.05) is 11.5 Å². The molecule has 1 fully saturated rings. The molecule has 21 heteroatoms. The summed E-state index contributed by atoms with van der Waals surface area (Å²) in [6.07, 6.45) is -2.12. The van der Waals surface area contributed by atoms with E-state index in [2.05, 4.69) is 36.6 Å². The van der Waals surface area contributed by atoms with Gasteiger partial charge in [0.05, 0.1) is 6.33 Å². The zero-order valence-electron chi connectivity index (χ0n) is 24.5. The minimum Gasteiger partial charge on any atom is -0.475 e. The molecule has 3 unspecified atom stereocenters. The van der Waals surface area contributed by atoms with Crippen LogP contribution in [0.2, 0.25) is 0 Å². The number of carboxylic acids is 1. The molecule has 1 aliphatic rings. The molecule has 45 heavy (non-hydrogen) atoms. The molecule has 0 bridgehead atoms. The predicted molar refractivity (Wildman–Crippen MR) is 156 cm³/mol. The molecule has 1 saturated heterocycles. The standard InChI is InChI=1S/C22H34N8O6S2.C2HF3O2/c1-10(2)17-22(36)29-15(18(23)32)7-37-38-8-16(27-12(4)31)21(35)28-14(5-13-6-24-9-25-13)20(34)26-11(3)19(33)30-17;3-2(4,5)1(6)7/h6,9-11,14-17H,5,7-8H2,1-4H3,(H2,23,32)(H,24,25)(H,26,34)(H,27,31)(H,28,35)(H,29,36)(H,30,33);(H,6,7)/t11-,14-,15?,16?,17?;/m0./s1. The van der Waals surface area contributed by atoms with Crippen LogP contribution in [0.1, 0.15) is 33.4 Å². The number of primary amides is 1. The van der Waals surface area contributed by atoms with E-state index in [1.165, 1.54) is 48.0 Å². The highest BCUT2D eigenvalue weighted by molar-refractivity contribution is 8.76. The number of amides is 6. The lowest BCUT2D eigenvalue weighted by molar-refractivity contribution is -0.192. The van der Waals surface area contributed by atoms with Crippen LogP contribution in [0.4, 0.5) is 13.2 Å². The molecule has 0 saturated carbocycles. The normalized spacial score (nSPS) is 24.0. The smallest absolute Gasteiger partial charge is 0.475 e. The Labute approximate surface area is 263 Å². The summed E-state index contributed by atoms with van der Waals surface area (Å²) in [7, 11) is 2.35. The Morgan fingerprint density at radius 2 is 1.62 bits per heavy atom. The van der Waals surface area contributed by atoms with Crippen molar-refractivity contribution < 1.29 is 51.8 Å². The van der Waals surface area contributed by atoms with Crippen molar-refractivity contribution in [1.29, 1.82) is 0 Å². The Balaban J connectivity index is 0.00000129. The Hall–Kier alpha value is -4.01. The minimum absolute atomic E-state index is 0.0396. The van der Waals surface area contributed by atoms with E-state index in [0.717, 1.165) is 0 Å². The first-order valence-corrected chi connectivity index (χ1v) is 15.6. The van der Waals surface area contributed by atoms with E-state index in [1.54, 1.807) is 13.8 Å². The molecule has 252 valence electrons. The lowest BCUT2D eigenvalue weighted by atomic mass is 10.0. The van der Waals surface area contributed by atoms with Gasteiger partial charge in [-0.15, -0.1) is 0 Å². The highest BCUT2D eigenvalue weighted by Crippen LogP contribution is 2.23. The Bertz CT molecular complexity index is 1220. The predicted octanol–water partition coefficient (Wildman–Crippen LogP) is -1.41. The average molecular weight is 685 g/mol. The molecule has 6 amide bonds. The summed E-state index contributed by atoms with van der Waals surface area (Å²) >= 11 is 0. The molecule has 2 rings (SSSR count). The Kier molecular flexibility index (Phi) is 15.7. The molecule has 2 heterocycles. The first kappa shape index (κ1) is 39.0. The van der Waals surface area contributed by atoms with E-state index in [9.17, 15) is 41.9 Å². The fraction of sp³-hybridized carbons (Fsp3) is 0.583. The van der Waals surface area contributed by atoms with E-state index in [4.69, 9.17) is 15.6 Å². The number of hydrogen-bond acceptors (Lipinski definition) is 10. The van der Waals surface area contributed by atoms with Crippen LogP contribution in [-0.2, 0) is 40.0 Å². The van der Waals surface area contributed by atoms with Gasteiger partial charge in [0.1, 0.15) is 30.2 Å². The number of alkyl halides is 3. The van der Waals surface area contributed by atoms with Crippen molar-refractivity contribution in [2.45, 2.75) is 70.5 Å². The molecule has 1 aromatic rings. The van der Waals surface area contributed by atoms with Crippen LogP contribution >= 0.6 is 21.6 Å². The third-order valence-electron chi connectivity index (χ3n) is 5.76. The van der Waals surface area contributed by atoms with Gasteiger partial charge in [-0.2, -0.15) is 13.2 Å². The van der Waals surface area contributed by atoms with Crippen LogP contribution in [0.15, 0.2) is 12.5 Å². The van der Waals surface area contributed by atoms with Gasteiger partial charge in [-0.05, 0) is 12.8 Å². The summed E-state index contributed by atoms with van der Waals surface area (Å²) in [5.41, 5.74) is 6.02. The number of aliphatic carboxylic acids is 1. The van der Waals surface area contributed by atoms with E-state index in [1.807, 2.05) is 0 Å². The summed E-state index contributed by atoms with van der Waals surface area (Å²) in [6.45, 7) is 6.13. The van der Waals surface area contributed by atoms with Gasteiger partial charge in [-0.3, -0.25) is 28.8 Å². The molecule has 0 radical (unpaired) electrons. The number of aromatic amines is 1. The molecule has 0 aliphatic carbocycles. The first-order valence-electron chi connectivity index (χ1n) is 13.1. The van der Waals surface area contributed by atoms with Crippen LogP contribution in [0.3, 0.4) is 0 Å². The maximum absolute atomic E-state index is 13.1. The van der Waals surface area contributed by atoms with Gasteiger partial charge >= 0.3 is 12.1 Å². The lowest BCUT2D eigenvalue weighted by Crippen LogP contribution is -2.59. The fourth-order valence-electron chi connectivity index (χ4n) is 3.41. The van der Waals surface area contributed by atoms with Gasteiger partial charge in [0.25, 0.3) is 0 Å². The van der Waals surface area contributed by atoms with Crippen LogP contribution in [0.25, 0.3) is 0 Å². The Morgan fingerprint density at radius 3 is 2.11 bits per heavy atom. The van der Waals surface area contributed by atoms with E-state index in [0.29, 0.717) is 5.69 Å². The highest BCUT2D eigenvalue weighted by atomic mass is 33.1. The fourth-order valence-corrected chi connectivity index (χ4v) is 5.75. The average Bonchev–Trinajstić information content (AvgIpc) is 3.43. The van der Waals surface area contributed by atoms with Crippen LogP contribution in [0, 0.1) is 5.92 Å². The summed E-state index contributed by atoms with van der Waals surface area (Å²) < 4.78 is 31.7. The third-order valence-corrected chi connectivity index (χ3v) is 8.18. The number of carboxylic acid groups (broad SMARTS) is 1. The molecule has 16 nitrogen and oxygen atoms in total. The van der Waals surface area contributed by atoms with Crippen molar-refractivity contribution in [3.05, 3.63) is 18.2 Å². The first-order chi connectivity index (χ1) is 20.8. The number of nitrogens with one attached hydrogen (secondary N) is 6. The number of aromatic nitrogens is 2. The molecular weight excluding hydrogens is 649 g/mol. The summed E-state index contributed by atoms with van der Waals surface area (Å²) in [5, 5.41) is 20.0. The van der Waals surface area contributed by atoms with E-state index in [-0.39, 0.29) is 23.8 Å². The number of hydrogen-bond donors (Lipinski definition) is 8. The van der Waals surface area contributed by atoms with Crippen molar-refractivity contribution in [3.8, 4) is 0 Å². The SMILES string of the molecule is CC(=O)NC1CSSCC(C(N)=O)NC(=O)C(C(C)C)NC(=O)[C@H](C)NC(=O)[C@H](Cc2cnc[nH]2)NC1=O.O=C(O)C(F)(F)F. The molecule has 0 spiro atoms. The topological polar surface area (TPSA) is 255 Å². The van der Waals surface area contributed by atoms with Crippen LogP contribution in [0.5, 0.6) is 0 Å². The molecule has 0 aromatic carbocycles. The minimum atomic E-state index is -5.08. The quantitative estimate of drug-likeness (QED) is 0.167. The van der Waals surface area contributed by atoms with Gasteiger partial charge in [-0.25, -0.2) is 9.78 Å². The molecular formula is C24H35F3N8O8S2. The van der Waals surface area contributed by atoms with Crippen molar-refractivity contribution in [2.24, 2.45) is 11.7 Å². The van der Waals surface area contributed by atoms with Crippen LogP contribution < -0.4 is 32.3 Å². The van der Waals surface area contributed by atoms with Crippen molar-refractivity contribution in [3.63, 3.8) is 0 Å². The lowest BCUT2D eigenvalue weighted by Gasteiger charge is -2.26.